The number of alkyl halides is 3. The van der Waals surface area contributed by atoms with Crippen LogP contribution >= 0.6 is 0 Å². The zero-order chi connectivity index (χ0) is 15.2. The van der Waals surface area contributed by atoms with Gasteiger partial charge in [-0.25, -0.2) is 4.98 Å². The minimum atomic E-state index is -4.40. The van der Waals surface area contributed by atoms with Gasteiger partial charge in [0.15, 0.2) is 0 Å². The molecule has 3 aromatic rings. The quantitative estimate of drug-likeness (QED) is 0.735. The van der Waals surface area contributed by atoms with Gasteiger partial charge in [-0.3, -0.25) is 0 Å². The lowest BCUT2D eigenvalue weighted by Gasteiger charge is -2.05. The Bertz CT molecular complexity index is 821. The van der Waals surface area contributed by atoms with Gasteiger partial charge >= 0.3 is 6.18 Å². The van der Waals surface area contributed by atoms with E-state index < -0.39 is 11.7 Å². The Balaban J connectivity index is 2.15. The summed E-state index contributed by atoms with van der Waals surface area (Å²) in [7, 11) is 0. The van der Waals surface area contributed by atoms with E-state index in [1.165, 1.54) is 22.7 Å². The van der Waals surface area contributed by atoms with Crippen molar-refractivity contribution in [3.63, 3.8) is 0 Å². The summed E-state index contributed by atoms with van der Waals surface area (Å²) >= 11 is 0. The lowest BCUT2D eigenvalue weighted by atomic mass is 10.1. The minimum absolute atomic E-state index is 0.0417. The second-order valence-electron chi connectivity index (χ2n) is 4.83. The standard InChI is InChI=1S/C15H11F3N2O/c1-9-2-4-13(21)11(6-9)12-8-20-7-10(15(16,17)18)3-5-14(20)19-12/h2-8,21H,1H3. The van der Waals surface area contributed by atoms with Gasteiger partial charge in [0.1, 0.15) is 11.4 Å². The molecule has 2 heterocycles. The van der Waals surface area contributed by atoms with Crippen molar-refractivity contribution in [1.29, 1.82) is 0 Å². The molecule has 3 nitrogen and oxygen atoms in total. The number of aromatic hydroxyl groups is 1. The number of phenolic OH excluding ortho intramolecular Hbond substituents is 1. The maximum atomic E-state index is 12.7. The van der Waals surface area contributed by atoms with Crippen molar-refractivity contribution in [3.05, 3.63) is 53.9 Å². The van der Waals surface area contributed by atoms with Crippen molar-refractivity contribution < 1.29 is 18.3 Å². The number of aromatic nitrogens is 2. The number of halogens is 3. The number of hydrogen-bond acceptors (Lipinski definition) is 2. The van der Waals surface area contributed by atoms with Gasteiger partial charge in [-0.05, 0) is 31.2 Å². The lowest BCUT2D eigenvalue weighted by molar-refractivity contribution is -0.137. The number of benzene rings is 1. The van der Waals surface area contributed by atoms with Gasteiger partial charge < -0.3 is 9.51 Å². The molecule has 0 fully saturated rings. The van der Waals surface area contributed by atoms with Crippen molar-refractivity contribution in [1.82, 2.24) is 9.38 Å². The van der Waals surface area contributed by atoms with Crippen molar-refractivity contribution in [2.75, 3.05) is 0 Å². The van der Waals surface area contributed by atoms with E-state index in [0.717, 1.165) is 17.8 Å². The second kappa shape index (κ2) is 4.51. The Morgan fingerprint density at radius 2 is 1.86 bits per heavy atom. The summed E-state index contributed by atoms with van der Waals surface area (Å²) < 4.78 is 39.4. The largest absolute Gasteiger partial charge is 0.507 e. The first-order valence-electron chi connectivity index (χ1n) is 6.20. The summed E-state index contributed by atoms with van der Waals surface area (Å²) in [5.41, 5.74) is 1.49. The van der Waals surface area contributed by atoms with Gasteiger partial charge in [-0.15, -0.1) is 0 Å². The predicted molar refractivity (Wildman–Crippen MR) is 72.0 cm³/mol. The molecule has 0 unspecified atom stereocenters. The van der Waals surface area contributed by atoms with Gasteiger partial charge in [0.2, 0.25) is 0 Å². The summed E-state index contributed by atoms with van der Waals surface area (Å²) in [6, 6.07) is 7.31. The van der Waals surface area contributed by atoms with Gasteiger partial charge in [-0.2, -0.15) is 13.2 Å². The first kappa shape index (κ1) is 13.5. The molecular weight excluding hydrogens is 281 g/mol. The van der Waals surface area contributed by atoms with Crippen LogP contribution in [0.3, 0.4) is 0 Å². The Kier molecular flexibility index (Phi) is 2.90. The Morgan fingerprint density at radius 3 is 2.57 bits per heavy atom. The van der Waals surface area contributed by atoms with E-state index in [-0.39, 0.29) is 5.75 Å². The molecule has 1 N–H and O–H groups in total. The summed E-state index contributed by atoms with van der Waals surface area (Å²) in [5.74, 6) is 0.0417. The normalized spacial score (nSPS) is 12.0. The molecule has 0 radical (unpaired) electrons. The van der Waals surface area contributed by atoms with Gasteiger partial charge in [0.05, 0.1) is 11.3 Å². The molecule has 1 aromatic carbocycles. The molecule has 0 spiro atoms. The van der Waals surface area contributed by atoms with Crippen molar-refractivity contribution in [2.24, 2.45) is 0 Å². The monoisotopic (exact) mass is 292 g/mol. The van der Waals surface area contributed by atoms with Crippen molar-refractivity contribution in [3.8, 4) is 17.0 Å². The topological polar surface area (TPSA) is 37.5 Å². The summed E-state index contributed by atoms with van der Waals surface area (Å²) in [6.45, 7) is 1.86. The number of imidazole rings is 1. The Morgan fingerprint density at radius 1 is 1.10 bits per heavy atom. The molecule has 0 bridgehead atoms. The van der Waals surface area contributed by atoms with Crippen LogP contribution in [0.2, 0.25) is 0 Å². The third kappa shape index (κ3) is 2.44. The van der Waals surface area contributed by atoms with E-state index >= 15 is 0 Å². The summed E-state index contributed by atoms with van der Waals surface area (Å²) in [6.07, 6.45) is -1.94. The van der Waals surface area contributed by atoms with Crippen LogP contribution in [0.15, 0.2) is 42.7 Å². The highest BCUT2D eigenvalue weighted by atomic mass is 19.4. The fourth-order valence-corrected chi connectivity index (χ4v) is 2.14. The lowest BCUT2D eigenvalue weighted by Crippen LogP contribution is -2.05. The van der Waals surface area contributed by atoms with Crippen LogP contribution in [-0.4, -0.2) is 14.5 Å². The van der Waals surface area contributed by atoms with Crippen LogP contribution in [-0.2, 0) is 6.18 Å². The minimum Gasteiger partial charge on any atom is -0.507 e. The maximum Gasteiger partial charge on any atom is 0.417 e. The van der Waals surface area contributed by atoms with Crippen LogP contribution in [0, 0.1) is 6.92 Å². The molecule has 3 rings (SSSR count). The number of phenols is 1. The fraction of sp³-hybridized carbons (Fsp3) is 0.133. The molecule has 2 aromatic heterocycles. The van der Waals surface area contributed by atoms with Crippen molar-refractivity contribution in [2.45, 2.75) is 13.1 Å². The summed E-state index contributed by atoms with van der Waals surface area (Å²) in [4.78, 5) is 4.24. The predicted octanol–water partition coefficient (Wildman–Crippen LogP) is 4.03. The van der Waals surface area contributed by atoms with Crippen LogP contribution < -0.4 is 0 Å². The van der Waals surface area contributed by atoms with E-state index in [4.69, 9.17) is 0 Å². The second-order valence-corrected chi connectivity index (χ2v) is 4.83. The highest BCUT2D eigenvalue weighted by Gasteiger charge is 2.30. The van der Waals surface area contributed by atoms with Crippen LogP contribution in [0.1, 0.15) is 11.1 Å². The third-order valence-corrected chi connectivity index (χ3v) is 3.21. The third-order valence-electron chi connectivity index (χ3n) is 3.21. The molecule has 0 saturated heterocycles. The number of nitrogens with zero attached hydrogens (tertiary/aromatic N) is 2. The van der Waals surface area contributed by atoms with Gasteiger partial charge in [-0.1, -0.05) is 11.6 Å². The van der Waals surface area contributed by atoms with Crippen molar-refractivity contribution >= 4 is 5.65 Å². The van der Waals surface area contributed by atoms with Gasteiger partial charge in [0, 0.05) is 18.0 Å². The molecule has 0 aliphatic carbocycles. The number of fused-ring (bicyclic) bond motifs is 1. The molecule has 0 amide bonds. The fourth-order valence-electron chi connectivity index (χ4n) is 2.14. The molecule has 0 aliphatic heterocycles. The molecular formula is C15H11F3N2O. The number of aryl methyl sites for hydroxylation is 1. The average molecular weight is 292 g/mol. The first-order chi connectivity index (χ1) is 9.84. The van der Waals surface area contributed by atoms with Crippen LogP contribution in [0.5, 0.6) is 5.75 Å². The number of rotatable bonds is 1. The van der Waals surface area contributed by atoms with E-state index in [2.05, 4.69) is 4.98 Å². The number of hydrogen-bond donors (Lipinski definition) is 1. The van der Waals surface area contributed by atoms with E-state index in [9.17, 15) is 18.3 Å². The van der Waals surface area contributed by atoms with Gasteiger partial charge in [0.25, 0.3) is 0 Å². The highest BCUT2D eigenvalue weighted by Crippen LogP contribution is 2.32. The first-order valence-corrected chi connectivity index (χ1v) is 6.20. The molecule has 0 aliphatic rings. The van der Waals surface area contributed by atoms with E-state index in [1.54, 1.807) is 12.1 Å². The Labute approximate surface area is 118 Å². The zero-order valence-electron chi connectivity index (χ0n) is 11.0. The highest BCUT2D eigenvalue weighted by molar-refractivity contribution is 5.69. The van der Waals surface area contributed by atoms with E-state index in [1.807, 2.05) is 6.92 Å². The molecule has 0 atom stereocenters. The number of pyridine rings is 1. The smallest absolute Gasteiger partial charge is 0.417 e. The molecule has 108 valence electrons. The molecule has 6 heteroatoms. The molecule has 21 heavy (non-hydrogen) atoms. The summed E-state index contributed by atoms with van der Waals surface area (Å²) in [5, 5.41) is 9.87. The van der Waals surface area contributed by atoms with Crippen LogP contribution in [0.25, 0.3) is 16.9 Å². The average Bonchev–Trinajstić information content (AvgIpc) is 2.83. The van der Waals surface area contributed by atoms with Crippen LogP contribution in [0.4, 0.5) is 13.2 Å². The SMILES string of the molecule is Cc1ccc(O)c(-c2cn3cc(C(F)(F)F)ccc3n2)c1. The maximum absolute atomic E-state index is 12.7. The zero-order valence-corrected chi connectivity index (χ0v) is 11.0. The van der Waals surface area contributed by atoms with E-state index in [0.29, 0.717) is 16.9 Å². The molecule has 0 saturated carbocycles. The Hall–Kier alpha value is -2.50.